The van der Waals surface area contributed by atoms with E-state index in [-0.39, 0.29) is 11.8 Å². The Bertz CT molecular complexity index is 746. The van der Waals surface area contributed by atoms with Gasteiger partial charge in [0.05, 0.1) is 0 Å². The number of nitrogens with zero attached hydrogens (tertiary/aromatic N) is 3. The molecule has 1 aromatic heterocycles. The monoisotopic (exact) mass is 339 g/mol. The molecule has 25 heavy (non-hydrogen) atoms. The van der Waals surface area contributed by atoms with Crippen molar-refractivity contribution in [3.63, 3.8) is 0 Å². The van der Waals surface area contributed by atoms with E-state index in [9.17, 15) is 4.79 Å². The maximum atomic E-state index is 12.4. The summed E-state index contributed by atoms with van der Waals surface area (Å²) in [7, 11) is 0. The van der Waals surface area contributed by atoms with E-state index >= 15 is 0 Å². The molecular weight excluding hydrogens is 314 g/mol. The summed E-state index contributed by atoms with van der Waals surface area (Å²) in [4.78, 5) is 17.0. The number of amides is 1. The summed E-state index contributed by atoms with van der Waals surface area (Å²) >= 11 is 0. The lowest BCUT2D eigenvalue weighted by Gasteiger charge is -2.22. The highest BCUT2D eigenvalue weighted by Gasteiger charge is 2.26. The van der Waals surface area contributed by atoms with E-state index < -0.39 is 0 Å². The van der Waals surface area contributed by atoms with Crippen molar-refractivity contribution >= 4 is 17.5 Å². The van der Waals surface area contributed by atoms with Gasteiger partial charge in [-0.1, -0.05) is 31.4 Å². The molecule has 1 aromatic carbocycles. The zero-order chi connectivity index (χ0) is 17.2. The first kappa shape index (κ1) is 16.1. The third-order valence-electron chi connectivity index (χ3n) is 5.49. The van der Waals surface area contributed by atoms with E-state index in [1.807, 2.05) is 16.8 Å². The van der Waals surface area contributed by atoms with Crippen molar-refractivity contribution in [2.24, 2.45) is 5.92 Å². The summed E-state index contributed by atoms with van der Waals surface area (Å²) < 4.78 is 1.93. The second-order valence-electron chi connectivity index (χ2n) is 7.26. The van der Waals surface area contributed by atoms with Crippen LogP contribution in [0.25, 0.3) is 0 Å². The molecule has 1 amide bonds. The van der Waals surface area contributed by atoms with E-state index in [1.165, 1.54) is 12.0 Å². The number of rotatable bonds is 3. The van der Waals surface area contributed by atoms with Crippen LogP contribution in [0.15, 0.2) is 24.3 Å². The van der Waals surface area contributed by atoms with Crippen LogP contribution in [-0.2, 0) is 17.8 Å². The van der Waals surface area contributed by atoms with Crippen LogP contribution in [0.3, 0.4) is 0 Å². The first-order valence-corrected chi connectivity index (χ1v) is 9.29. The van der Waals surface area contributed by atoms with Gasteiger partial charge in [0.25, 0.3) is 0 Å². The maximum Gasteiger partial charge on any atom is 0.248 e. The van der Waals surface area contributed by atoms with Gasteiger partial charge in [0.2, 0.25) is 11.9 Å². The molecule has 2 aromatic rings. The molecule has 1 atom stereocenters. The predicted octanol–water partition coefficient (Wildman–Crippen LogP) is 3.11. The van der Waals surface area contributed by atoms with Gasteiger partial charge in [-0.05, 0) is 42.9 Å². The maximum absolute atomic E-state index is 12.4. The number of hydrogen-bond donors (Lipinski definition) is 2. The van der Waals surface area contributed by atoms with Crippen LogP contribution < -0.4 is 11.1 Å². The van der Waals surface area contributed by atoms with Gasteiger partial charge in [0, 0.05) is 24.6 Å². The van der Waals surface area contributed by atoms with Crippen LogP contribution in [0.2, 0.25) is 0 Å². The minimum atomic E-state index is 0.0812. The van der Waals surface area contributed by atoms with Crippen LogP contribution in [0.4, 0.5) is 11.6 Å². The van der Waals surface area contributed by atoms with Gasteiger partial charge < -0.3 is 5.73 Å². The topological polar surface area (TPSA) is 85.8 Å². The van der Waals surface area contributed by atoms with E-state index in [0.29, 0.717) is 11.9 Å². The first-order valence-electron chi connectivity index (χ1n) is 9.29. The third-order valence-corrected chi connectivity index (χ3v) is 5.49. The van der Waals surface area contributed by atoms with Gasteiger partial charge in [-0.25, -0.2) is 4.68 Å². The van der Waals surface area contributed by atoms with E-state index in [1.54, 1.807) is 0 Å². The van der Waals surface area contributed by atoms with Gasteiger partial charge in [0.1, 0.15) is 5.82 Å². The molecule has 0 radical (unpaired) electrons. The van der Waals surface area contributed by atoms with Crippen molar-refractivity contribution in [2.45, 2.75) is 57.4 Å². The van der Waals surface area contributed by atoms with Gasteiger partial charge in [-0.2, -0.15) is 4.98 Å². The van der Waals surface area contributed by atoms with Gasteiger partial charge in [-0.15, -0.1) is 5.10 Å². The molecule has 2 heterocycles. The van der Waals surface area contributed by atoms with E-state index in [0.717, 1.165) is 56.6 Å². The average Bonchev–Trinajstić information content (AvgIpc) is 3.04. The second-order valence-corrected chi connectivity index (χ2v) is 7.26. The number of nitrogens with two attached hydrogens (primary N) is 1. The fraction of sp³-hybridized carbons (Fsp3) is 0.526. The summed E-state index contributed by atoms with van der Waals surface area (Å²) in [6.45, 7) is 0.830. The molecule has 1 unspecified atom stereocenters. The Balaban J connectivity index is 1.43. The Hall–Kier alpha value is -2.37. The zero-order valence-corrected chi connectivity index (χ0v) is 14.4. The lowest BCUT2D eigenvalue weighted by atomic mass is 9.89. The van der Waals surface area contributed by atoms with Crippen molar-refractivity contribution in [1.82, 2.24) is 14.8 Å². The highest BCUT2D eigenvalue weighted by atomic mass is 16.2. The van der Waals surface area contributed by atoms with Gasteiger partial charge >= 0.3 is 0 Å². The summed E-state index contributed by atoms with van der Waals surface area (Å²) in [6, 6.07) is 8.09. The molecule has 1 aliphatic carbocycles. The minimum Gasteiger partial charge on any atom is -0.399 e. The quantitative estimate of drug-likeness (QED) is 0.841. The Morgan fingerprint density at radius 3 is 2.64 bits per heavy atom. The minimum absolute atomic E-state index is 0.0812. The Labute approximate surface area is 147 Å². The van der Waals surface area contributed by atoms with E-state index in [4.69, 9.17) is 5.73 Å². The number of nitrogens with one attached hydrogen (secondary N) is 1. The number of anilines is 2. The van der Waals surface area contributed by atoms with Gasteiger partial charge in [0.15, 0.2) is 0 Å². The molecule has 3 N–H and O–H groups in total. The molecule has 132 valence electrons. The van der Waals surface area contributed by atoms with Crippen molar-refractivity contribution < 1.29 is 4.79 Å². The molecule has 6 heteroatoms. The predicted molar refractivity (Wildman–Crippen MR) is 97.1 cm³/mol. The fourth-order valence-electron chi connectivity index (χ4n) is 3.99. The first-order chi connectivity index (χ1) is 12.2. The number of hydrogen-bond acceptors (Lipinski definition) is 4. The molecule has 1 fully saturated rings. The Morgan fingerprint density at radius 1 is 1.12 bits per heavy atom. The van der Waals surface area contributed by atoms with E-state index in [2.05, 4.69) is 27.5 Å². The summed E-state index contributed by atoms with van der Waals surface area (Å²) in [5, 5.41) is 7.41. The molecule has 2 aliphatic rings. The van der Waals surface area contributed by atoms with Crippen molar-refractivity contribution in [2.75, 3.05) is 11.1 Å². The molecule has 4 rings (SSSR count). The summed E-state index contributed by atoms with van der Waals surface area (Å²) in [6.07, 6.45) is 7.38. The van der Waals surface area contributed by atoms with Crippen LogP contribution in [0, 0.1) is 5.92 Å². The summed E-state index contributed by atoms with van der Waals surface area (Å²) in [5.74, 6) is 2.05. The SMILES string of the molecule is Nc1ccc(C2CCn3nc(NC(=O)C4CCCCC4)nc3C2)cc1. The number of aryl methyl sites for hydroxylation is 1. The van der Waals surface area contributed by atoms with Crippen LogP contribution in [0.5, 0.6) is 0 Å². The number of benzene rings is 1. The number of carbonyl (C=O) groups is 1. The van der Waals surface area contributed by atoms with Crippen molar-refractivity contribution in [3.05, 3.63) is 35.7 Å². The average molecular weight is 339 g/mol. The molecule has 1 aliphatic heterocycles. The zero-order valence-electron chi connectivity index (χ0n) is 14.4. The number of fused-ring (bicyclic) bond motifs is 1. The molecule has 0 spiro atoms. The standard InChI is InChI=1S/C19H25N5O/c20-16-8-6-13(7-9-16)15-10-11-24-17(12-15)21-19(23-24)22-18(25)14-4-2-1-3-5-14/h6-9,14-15H,1-5,10-12,20H2,(H,22,23,25). The molecular formula is C19H25N5O. The Kier molecular flexibility index (Phi) is 4.42. The van der Waals surface area contributed by atoms with Crippen LogP contribution >= 0.6 is 0 Å². The highest BCUT2D eigenvalue weighted by Crippen LogP contribution is 2.30. The lowest BCUT2D eigenvalue weighted by molar-refractivity contribution is -0.120. The number of nitrogen functional groups attached to an aromatic ring is 1. The highest BCUT2D eigenvalue weighted by molar-refractivity contribution is 5.90. The normalized spacial score (nSPS) is 20.9. The van der Waals surface area contributed by atoms with Crippen LogP contribution in [-0.4, -0.2) is 20.7 Å². The largest absolute Gasteiger partial charge is 0.399 e. The van der Waals surface area contributed by atoms with Crippen molar-refractivity contribution in [3.8, 4) is 0 Å². The lowest BCUT2D eigenvalue weighted by Crippen LogP contribution is -2.25. The third kappa shape index (κ3) is 3.52. The Morgan fingerprint density at radius 2 is 1.88 bits per heavy atom. The molecule has 1 saturated carbocycles. The van der Waals surface area contributed by atoms with Crippen molar-refractivity contribution in [1.29, 1.82) is 0 Å². The second kappa shape index (κ2) is 6.86. The van der Waals surface area contributed by atoms with Crippen LogP contribution in [0.1, 0.15) is 55.8 Å². The molecule has 6 nitrogen and oxygen atoms in total. The number of carbonyl (C=O) groups excluding carboxylic acids is 1. The van der Waals surface area contributed by atoms with Gasteiger partial charge in [-0.3, -0.25) is 10.1 Å². The fourth-order valence-corrected chi connectivity index (χ4v) is 3.99. The summed E-state index contributed by atoms with van der Waals surface area (Å²) in [5.41, 5.74) is 7.85. The number of aromatic nitrogens is 3. The molecule has 0 saturated heterocycles. The molecule has 0 bridgehead atoms. The smallest absolute Gasteiger partial charge is 0.248 e.